The van der Waals surface area contributed by atoms with E-state index in [4.69, 9.17) is 0 Å². The molecule has 82 valence electrons. The Labute approximate surface area is 92.3 Å². The maximum Gasteiger partial charge on any atom is 0.159 e. The monoisotopic (exact) mass is 245 g/mol. The molecular formula is C9H11NO3S2. The van der Waals surface area contributed by atoms with E-state index in [2.05, 4.69) is 4.98 Å². The minimum absolute atomic E-state index is 0.264. The number of thiazole rings is 1. The van der Waals surface area contributed by atoms with Gasteiger partial charge in [0.2, 0.25) is 0 Å². The van der Waals surface area contributed by atoms with Crippen LogP contribution in [0.1, 0.15) is 28.8 Å². The topological polar surface area (TPSA) is 64.1 Å². The normalized spacial score (nSPS) is 24.1. The zero-order chi connectivity index (χ0) is 10.9. The van der Waals surface area contributed by atoms with E-state index in [1.54, 1.807) is 5.38 Å². The zero-order valence-electron chi connectivity index (χ0n) is 8.05. The molecule has 0 bridgehead atoms. The Hall–Kier alpha value is -0.750. The van der Waals surface area contributed by atoms with Crippen molar-refractivity contribution in [3.63, 3.8) is 0 Å². The molecule has 1 aromatic heterocycles. The second kappa shape index (κ2) is 4.02. The van der Waals surface area contributed by atoms with Crippen molar-refractivity contribution in [1.29, 1.82) is 0 Å². The molecule has 1 atom stereocenters. The Morgan fingerprint density at radius 1 is 1.60 bits per heavy atom. The molecule has 0 aromatic carbocycles. The van der Waals surface area contributed by atoms with Gasteiger partial charge in [-0.3, -0.25) is 0 Å². The largest absolute Gasteiger partial charge is 0.303 e. The highest BCUT2D eigenvalue weighted by Crippen LogP contribution is 2.35. The summed E-state index contributed by atoms with van der Waals surface area (Å²) in [5, 5.41) is 1.98. The van der Waals surface area contributed by atoms with Crippen LogP contribution < -0.4 is 0 Å². The van der Waals surface area contributed by atoms with Gasteiger partial charge in [0, 0.05) is 11.8 Å². The van der Waals surface area contributed by atoms with Crippen molar-refractivity contribution in [2.45, 2.75) is 24.5 Å². The van der Waals surface area contributed by atoms with E-state index in [0.29, 0.717) is 17.1 Å². The summed E-state index contributed by atoms with van der Waals surface area (Å²) in [6, 6.07) is 0. The second-order valence-corrected chi connectivity index (χ2v) is 6.74. The van der Waals surface area contributed by atoms with Crippen molar-refractivity contribution in [2.75, 3.05) is 5.75 Å². The molecule has 1 unspecified atom stereocenters. The molecule has 1 aliphatic rings. The number of nitrogens with zero attached hydrogens (tertiary/aromatic N) is 1. The summed E-state index contributed by atoms with van der Waals surface area (Å²) >= 11 is 1.34. The van der Waals surface area contributed by atoms with E-state index < -0.39 is 15.1 Å². The third kappa shape index (κ3) is 2.10. The fourth-order valence-electron chi connectivity index (χ4n) is 1.72. The van der Waals surface area contributed by atoms with Crippen LogP contribution in [-0.4, -0.2) is 25.4 Å². The van der Waals surface area contributed by atoms with E-state index in [0.717, 1.165) is 12.7 Å². The maximum atomic E-state index is 11.6. The summed E-state index contributed by atoms with van der Waals surface area (Å²) in [4.78, 5) is 14.5. The van der Waals surface area contributed by atoms with Crippen LogP contribution in [0.2, 0.25) is 0 Å². The molecule has 0 amide bonds. The lowest BCUT2D eigenvalue weighted by atomic mass is 10.2. The zero-order valence-corrected chi connectivity index (χ0v) is 9.68. The molecule has 1 aliphatic heterocycles. The van der Waals surface area contributed by atoms with E-state index >= 15 is 0 Å². The van der Waals surface area contributed by atoms with Gasteiger partial charge >= 0.3 is 0 Å². The van der Waals surface area contributed by atoms with Gasteiger partial charge < -0.3 is 4.79 Å². The van der Waals surface area contributed by atoms with Gasteiger partial charge in [-0.2, -0.15) is 0 Å². The Morgan fingerprint density at radius 2 is 2.40 bits per heavy atom. The van der Waals surface area contributed by atoms with Crippen molar-refractivity contribution in [2.24, 2.45) is 0 Å². The lowest BCUT2D eigenvalue weighted by Crippen LogP contribution is -2.07. The number of hydrogen-bond donors (Lipinski definition) is 0. The lowest BCUT2D eigenvalue weighted by molar-refractivity contribution is -0.107. The average Bonchev–Trinajstić information content (AvgIpc) is 2.72. The smallest absolute Gasteiger partial charge is 0.159 e. The molecule has 0 saturated carbocycles. The highest BCUT2D eigenvalue weighted by atomic mass is 32.2. The van der Waals surface area contributed by atoms with Gasteiger partial charge in [-0.15, -0.1) is 11.3 Å². The highest BCUT2D eigenvalue weighted by Gasteiger charge is 2.34. The maximum absolute atomic E-state index is 11.6. The van der Waals surface area contributed by atoms with Crippen LogP contribution in [0.25, 0.3) is 0 Å². The summed E-state index contributed by atoms with van der Waals surface area (Å²) in [6.45, 7) is 0. The second-order valence-electron chi connectivity index (χ2n) is 3.55. The Morgan fingerprint density at radius 3 is 3.00 bits per heavy atom. The molecular weight excluding hydrogens is 234 g/mol. The number of sulfone groups is 1. The van der Waals surface area contributed by atoms with E-state index in [1.807, 2.05) is 0 Å². The molecule has 2 rings (SSSR count). The van der Waals surface area contributed by atoms with Gasteiger partial charge in [0.15, 0.2) is 9.84 Å². The lowest BCUT2D eigenvalue weighted by Gasteiger charge is -2.03. The first-order valence-corrected chi connectivity index (χ1v) is 7.32. The quantitative estimate of drug-likeness (QED) is 0.749. The molecule has 1 fully saturated rings. The summed E-state index contributed by atoms with van der Waals surface area (Å²) in [5.41, 5.74) is 0.673. The van der Waals surface area contributed by atoms with Crippen LogP contribution in [0, 0.1) is 0 Å². The molecule has 4 nitrogen and oxygen atoms in total. The first-order chi connectivity index (χ1) is 7.13. The molecule has 6 heteroatoms. The Bertz CT molecular complexity index is 463. The third-order valence-electron chi connectivity index (χ3n) is 2.47. The standard InChI is InChI=1S/C9H11NO3S2/c11-4-3-7-6-14-9(10-7)8-2-1-5-15(8,12)13/h4,6,8H,1-3,5H2. The molecule has 2 heterocycles. The van der Waals surface area contributed by atoms with Crippen LogP contribution in [0.15, 0.2) is 5.38 Å². The first kappa shape index (κ1) is 10.8. The molecule has 0 aliphatic carbocycles. The summed E-state index contributed by atoms with van der Waals surface area (Å²) in [7, 11) is -2.98. The summed E-state index contributed by atoms with van der Waals surface area (Å²) in [6.07, 6.45) is 2.43. The Balaban J connectivity index is 2.26. The van der Waals surface area contributed by atoms with Crippen molar-refractivity contribution in [1.82, 2.24) is 4.98 Å². The highest BCUT2D eigenvalue weighted by molar-refractivity contribution is 7.92. The fourth-order valence-corrected chi connectivity index (χ4v) is 4.91. The molecule has 15 heavy (non-hydrogen) atoms. The van der Waals surface area contributed by atoms with Gasteiger partial charge in [0.05, 0.1) is 11.4 Å². The van der Waals surface area contributed by atoms with Crippen LogP contribution in [0.4, 0.5) is 0 Å². The van der Waals surface area contributed by atoms with Crippen LogP contribution in [0.3, 0.4) is 0 Å². The minimum Gasteiger partial charge on any atom is -0.303 e. The summed E-state index contributed by atoms with van der Waals surface area (Å²) in [5.74, 6) is 0.264. The Kier molecular flexibility index (Phi) is 2.88. The number of aromatic nitrogens is 1. The van der Waals surface area contributed by atoms with Crippen molar-refractivity contribution < 1.29 is 13.2 Å². The molecule has 1 saturated heterocycles. The first-order valence-electron chi connectivity index (χ1n) is 4.73. The van der Waals surface area contributed by atoms with Gasteiger partial charge in [-0.1, -0.05) is 0 Å². The van der Waals surface area contributed by atoms with Crippen molar-refractivity contribution in [3.05, 3.63) is 16.1 Å². The predicted octanol–water partition coefficient (Wildman–Crippen LogP) is 1.13. The van der Waals surface area contributed by atoms with E-state index in [-0.39, 0.29) is 12.2 Å². The minimum atomic E-state index is -2.98. The number of carbonyl (C=O) groups is 1. The number of aldehydes is 1. The predicted molar refractivity (Wildman–Crippen MR) is 57.6 cm³/mol. The van der Waals surface area contributed by atoms with Crippen LogP contribution >= 0.6 is 11.3 Å². The van der Waals surface area contributed by atoms with E-state index in [9.17, 15) is 13.2 Å². The molecule has 0 spiro atoms. The SMILES string of the molecule is O=CCc1csc(C2CCCS2(=O)=O)n1. The number of rotatable bonds is 3. The van der Waals surface area contributed by atoms with Crippen LogP contribution in [-0.2, 0) is 21.1 Å². The fraction of sp³-hybridized carbons (Fsp3) is 0.556. The van der Waals surface area contributed by atoms with Crippen LogP contribution in [0.5, 0.6) is 0 Å². The number of carbonyl (C=O) groups excluding carboxylic acids is 1. The van der Waals surface area contributed by atoms with E-state index in [1.165, 1.54) is 11.3 Å². The molecule has 0 N–H and O–H groups in total. The van der Waals surface area contributed by atoms with Gasteiger partial charge in [0.25, 0.3) is 0 Å². The molecule has 0 radical (unpaired) electrons. The van der Waals surface area contributed by atoms with Gasteiger partial charge in [-0.05, 0) is 12.8 Å². The molecule has 1 aromatic rings. The third-order valence-corrected chi connectivity index (χ3v) is 5.81. The van der Waals surface area contributed by atoms with Crippen molar-refractivity contribution in [3.8, 4) is 0 Å². The summed E-state index contributed by atoms with van der Waals surface area (Å²) < 4.78 is 23.3. The average molecular weight is 245 g/mol. The van der Waals surface area contributed by atoms with Crippen molar-refractivity contribution >= 4 is 27.5 Å². The van der Waals surface area contributed by atoms with Gasteiger partial charge in [-0.25, -0.2) is 13.4 Å². The van der Waals surface area contributed by atoms with Gasteiger partial charge in [0.1, 0.15) is 16.5 Å². The number of hydrogen-bond acceptors (Lipinski definition) is 5.